The zero-order valence-corrected chi connectivity index (χ0v) is 15.8. The van der Waals surface area contributed by atoms with Crippen LogP contribution in [-0.2, 0) is 0 Å². The van der Waals surface area contributed by atoms with E-state index in [-0.39, 0.29) is 6.03 Å². The van der Waals surface area contributed by atoms with Crippen molar-refractivity contribution in [3.63, 3.8) is 0 Å². The molecule has 1 fully saturated rings. The van der Waals surface area contributed by atoms with Crippen molar-refractivity contribution in [3.05, 3.63) is 29.8 Å². The number of nitrogens with zero attached hydrogens (tertiary/aromatic N) is 2. The minimum absolute atomic E-state index is 0.103. The third-order valence-corrected chi connectivity index (χ3v) is 5.60. The standard InChI is InChI=1S/C19H23N5O2S/c25-19(22-13-5-2-1-3-6-13)21-10-9-20-18-23-14-8-12-27-17(14)16(24-18)15-7-4-11-26-15/h4,7-8,11-13H,1-3,5-6,9-10H2,(H,20,23,24)(H2,21,22,25). The number of thiophene rings is 1. The molecule has 3 aromatic heterocycles. The molecular formula is C19H23N5O2S. The number of nitrogens with one attached hydrogen (secondary N) is 3. The van der Waals surface area contributed by atoms with Gasteiger partial charge in [0.25, 0.3) is 0 Å². The van der Waals surface area contributed by atoms with E-state index in [0.717, 1.165) is 34.5 Å². The molecule has 0 bridgehead atoms. The van der Waals surface area contributed by atoms with Gasteiger partial charge in [-0.15, -0.1) is 11.3 Å². The normalized spacial score (nSPS) is 15.0. The third-order valence-electron chi connectivity index (χ3n) is 4.69. The molecule has 3 heterocycles. The molecule has 27 heavy (non-hydrogen) atoms. The first-order chi connectivity index (χ1) is 13.3. The Morgan fingerprint density at radius 2 is 2.07 bits per heavy atom. The molecule has 3 aromatic rings. The second kappa shape index (κ2) is 8.39. The summed E-state index contributed by atoms with van der Waals surface area (Å²) in [5, 5.41) is 11.1. The highest BCUT2D eigenvalue weighted by atomic mass is 32.1. The molecule has 7 nitrogen and oxygen atoms in total. The summed E-state index contributed by atoms with van der Waals surface area (Å²) in [6.07, 6.45) is 7.47. The molecule has 0 atom stereocenters. The lowest BCUT2D eigenvalue weighted by molar-refractivity contribution is 0.233. The highest BCUT2D eigenvalue weighted by molar-refractivity contribution is 7.17. The summed E-state index contributed by atoms with van der Waals surface area (Å²) in [5.41, 5.74) is 1.66. The number of furan rings is 1. The van der Waals surface area contributed by atoms with Crippen LogP contribution in [0.1, 0.15) is 32.1 Å². The van der Waals surface area contributed by atoms with Crippen LogP contribution in [0.15, 0.2) is 34.3 Å². The molecule has 0 unspecified atom stereocenters. The van der Waals surface area contributed by atoms with Crippen molar-refractivity contribution < 1.29 is 9.21 Å². The van der Waals surface area contributed by atoms with Crippen molar-refractivity contribution in [3.8, 4) is 11.5 Å². The van der Waals surface area contributed by atoms with Crippen LogP contribution in [0, 0.1) is 0 Å². The molecule has 142 valence electrons. The number of urea groups is 1. The van der Waals surface area contributed by atoms with Gasteiger partial charge in [0.15, 0.2) is 5.76 Å². The molecular weight excluding hydrogens is 362 g/mol. The van der Waals surface area contributed by atoms with Gasteiger partial charge in [0.05, 0.1) is 16.5 Å². The number of carbonyl (C=O) groups excluding carboxylic acids is 1. The van der Waals surface area contributed by atoms with Crippen LogP contribution in [-0.4, -0.2) is 35.1 Å². The number of anilines is 1. The Morgan fingerprint density at radius 3 is 2.89 bits per heavy atom. The fourth-order valence-electron chi connectivity index (χ4n) is 3.36. The average Bonchev–Trinajstić information content (AvgIpc) is 3.37. The molecule has 4 rings (SSSR count). The minimum atomic E-state index is -0.103. The maximum absolute atomic E-state index is 12.0. The molecule has 3 N–H and O–H groups in total. The topological polar surface area (TPSA) is 92.1 Å². The maximum atomic E-state index is 12.0. The Kier molecular flexibility index (Phi) is 5.53. The number of aromatic nitrogens is 2. The van der Waals surface area contributed by atoms with Crippen molar-refractivity contribution in [2.45, 2.75) is 38.1 Å². The van der Waals surface area contributed by atoms with E-state index < -0.39 is 0 Å². The van der Waals surface area contributed by atoms with Crippen LogP contribution in [0.25, 0.3) is 21.7 Å². The highest BCUT2D eigenvalue weighted by Crippen LogP contribution is 2.31. The Bertz CT molecular complexity index is 887. The zero-order valence-electron chi connectivity index (χ0n) is 15.0. The van der Waals surface area contributed by atoms with Crippen LogP contribution in [0.5, 0.6) is 0 Å². The van der Waals surface area contributed by atoms with Crippen LogP contribution in [0.2, 0.25) is 0 Å². The minimum Gasteiger partial charge on any atom is -0.463 e. The van der Waals surface area contributed by atoms with Crippen LogP contribution >= 0.6 is 11.3 Å². The first-order valence-electron chi connectivity index (χ1n) is 9.37. The van der Waals surface area contributed by atoms with Gasteiger partial charge in [-0.1, -0.05) is 19.3 Å². The van der Waals surface area contributed by atoms with Crippen LogP contribution < -0.4 is 16.0 Å². The molecule has 1 saturated carbocycles. The van der Waals surface area contributed by atoms with E-state index in [2.05, 4.69) is 25.9 Å². The van der Waals surface area contributed by atoms with E-state index in [1.807, 2.05) is 23.6 Å². The fourth-order valence-corrected chi connectivity index (χ4v) is 4.18. The van der Waals surface area contributed by atoms with E-state index >= 15 is 0 Å². The molecule has 0 radical (unpaired) electrons. The van der Waals surface area contributed by atoms with E-state index in [1.54, 1.807) is 17.6 Å². The van der Waals surface area contributed by atoms with E-state index in [0.29, 0.717) is 25.1 Å². The lowest BCUT2D eigenvalue weighted by Crippen LogP contribution is -2.44. The Balaban J connectivity index is 1.32. The first-order valence-corrected chi connectivity index (χ1v) is 10.2. The van der Waals surface area contributed by atoms with Crippen LogP contribution in [0.3, 0.4) is 0 Å². The zero-order chi connectivity index (χ0) is 18.5. The number of hydrogen-bond donors (Lipinski definition) is 3. The largest absolute Gasteiger partial charge is 0.463 e. The predicted octanol–water partition coefficient (Wildman–Crippen LogP) is 4.00. The SMILES string of the molecule is O=C(NCCNc1nc(-c2ccco2)c2sccc2n1)NC1CCCCC1. The van der Waals surface area contributed by atoms with Crippen molar-refractivity contribution in [1.29, 1.82) is 0 Å². The van der Waals surface area contributed by atoms with Gasteiger partial charge in [0, 0.05) is 19.1 Å². The number of hydrogen-bond acceptors (Lipinski definition) is 6. The van der Waals surface area contributed by atoms with E-state index in [9.17, 15) is 4.79 Å². The summed E-state index contributed by atoms with van der Waals surface area (Å²) in [6.45, 7) is 1.05. The lowest BCUT2D eigenvalue weighted by atomic mass is 9.96. The van der Waals surface area contributed by atoms with Gasteiger partial charge < -0.3 is 20.4 Å². The van der Waals surface area contributed by atoms with Gasteiger partial charge in [-0.3, -0.25) is 0 Å². The Hall–Kier alpha value is -2.61. The second-order valence-electron chi connectivity index (χ2n) is 6.67. The molecule has 2 amide bonds. The fraction of sp³-hybridized carbons (Fsp3) is 0.421. The van der Waals surface area contributed by atoms with Crippen molar-refractivity contribution in [1.82, 2.24) is 20.6 Å². The molecule has 0 spiro atoms. The van der Waals surface area contributed by atoms with Crippen molar-refractivity contribution in [2.75, 3.05) is 18.4 Å². The second-order valence-corrected chi connectivity index (χ2v) is 7.59. The molecule has 1 aliphatic carbocycles. The highest BCUT2D eigenvalue weighted by Gasteiger charge is 2.15. The molecule has 8 heteroatoms. The number of carbonyl (C=O) groups is 1. The van der Waals surface area contributed by atoms with Gasteiger partial charge in [0.2, 0.25) is 5.95 Å². The molecule has 1 aliphatic rings. The molecule has 0 aromatic carbocycles. The Morgan fingerprint density at radius 1 is 1.19 bits per heavy atom. The van der Waals surface area contributed by atoms with Crippen LogP contribution in [0.4, 0.5) is 10.7 Å². The number of amides is 2. The van der Waals surface area contributed by atoms with Gasteiger partial charge in [-0.05, 0) is 36.4 Å². The van der Waals surface area contributed by atoms with Gasteiger partial charge in [-0.25, -0.2) is 14.8 Å². The van der Waals surface area contributed by atoms with E-state index in [1.165, 1.54) is 19.3 Å². The predicted molar refractivity (Wildman–Crippen MR) is 107 cm³/mol. The molecule has 0 aliphatic heterocycles. The van der Waals surface area contributed by atoms with Crippen molar-refractivity contribution in [2.24, 2.45) is 0 Å². The first kappa shape index (κ1) is 17.8. The van der Waals surface area contributed by atoms with Gasteiger partial charge in [0.1, 0.15) is 5.69 Å². The summed E-state index contributed by atoms with van der Waals surface area (Å²) in [7, 11) is 0. The maximum Gasteiger partial charge on any atom is 0.315 e. The van der Waals surface area contributed by atoms with Crippen molar-refractivity contribution >= 4 is 33.5 Å². The summed E-state index contributed by atoms with van der Waals surface area (Å²) in [4.78, 5) is 21.1. The summed E-state index contributed by atoms with van der Waals surface area (Å²) < 4.78 is 6.51. The van der Waals surface area contributed by atoms with Gasteiger partial charge >= 0.3 is 6.03 Å². The number of rotatable bonds is 6. The van der Waals surface area contributed by atoms with Gasteiger partial charge in [-0.2, -0.15) is 0 Å². The number of fused-ring (bicyclic) bond motifs is 1. The lowest BCUT2D eigenvalue weighted by Gasteiger charge is -2.22. The summed E-state index contributed by atoms with van der Waals surface area (Å²) in [5.74, 6) is 1.25. The average molecular weight is 385 g/mol. The smallest absolute Gasteiger partial charge is 0.315 e. The quantitative estimate of drug-likeness (QED) is 0.558. The third kappa shape index (κ3) is 4.39. The molecule has 0 saturated heterocycles. The summed E-state index contributed by atoms with van der Waals surface area (Å²) >= 11 is 1.59. The Labute approximate surface area is 161 Å². The summed E-state index contributed by atoms with van der Waals surface area (Å²) in [6, 6.07) is 5.91. The monoisotopic (exact) mass is 385 g/mol. The van der Waals surface area contributed by atoms with E-state index in [4.69, 9.17) is 4.42 Å².